The van der Waals surface area contributed by atoms with E-state index in [0.29, 0.717) is 13.0 Å². The zero-order valence-corrected chi connectivity index (χ0v) is 21.5. The molecule has 6 rings (SSSR count). The maximum Gasteiger partial charge on any atom is 0.136 e. The number of likely N-dealkylation sites (N-methyl/N-ethyl adjacent to an activating group) is 1. The normalized spacial score (nSPS) is 59.5. The molecule has 1 spiro atoms. The first-order valence-corrected chi connectivity index (χ1v) is 13.1. The minimum Gasteiger partial charge on any atom is -0.386 e. The van der Waals surface area contributed by atoms with Gasteiger partial charge in [-0.2, -0.15) is 0 Å². The van der Waals surface area contributed by atoms with Gasteiger partial charge in [-0.05, 0) is 31.7 Å². The Labute approximate surface area is 203 Å². The Morgan fingerprint density at radius 3 is 2.35 bits per heavy atom. The number of aliphatic hydroxyl groups is 2. The van der Waals surface area contributed by atoms with Crippen molar-refractivity contribution >= 4 is 0 Å². The molecule has 6 fully saturated rings. The van der Waals surface area contributed by atoms with Gasteiger partial charge in [0.1, 0.15) is 11.2 Å². The molecule has 2 N–H and O–H groups in total. The molecule has 1 aliphatic heterocycles. The SMILES string of the molecule is CCN1C[C@]2(COC)CC[C@H](OC)[C@@]34[C@@H]2[C@@H](OC)[C@@](O)([C@@H]13)[C@]1(O)C[C@@H](OC)[C@@H]2C[C@H]4[C@H]1[C@@H]2OC. The summed E-state index contributed by atoms with van der Waals surface area (Å²) in [5.74, 6) is 0.165. The lowest BCUT2D eigenvalue weighted by Gasteiger charge is -2.70. The quantitative estimate of drug-likeness (QED) is 0.555. The first kappa shape index (κ1) is 24.0. The molecule has 5 saturated carbocycles. The molecule has 8 heteroatoms. The van der Waals surface area contributed by atoms with Crippen molar-refractivity contribution in [1.82, 2.24) is 4.90 Å². The molecule has 0 aromatic carbocycles. The summed E-state index contributed by atoms with van der Waals surface area (Å²) < 4.78 is 30.7. The van der Waals surface area contributed by atoms with Crippen molar-refractivity contribution < 1.29 is 33.9 Å². The van der Waals surface area contributed by atoms with E-state index in [1.165, 1.54) is 0 Å². The van der Waals surface area contributed by atoms with Crippen LogP contribution in [0.5, 0.6) is 0 Å². The Bertz CT molecular complexity index is 829. The lowest BCUT2D eigenvalue weighted by molar-refractivity contribution is -0.320. The molecule has 13 atom stereocenters. The van der Waals surface area contributed by atoms with Crippen LogP contribution in [0, 0.1) is 34.5 Å². The van der Waals surface area contributed by atoms with Crippen LogP contribution in [-0.2, 0) is 23.7 Å². The second kappa shape index (κ2) is 7.60. The highest BCUT2D eigenvalue weighted by molar-refractivity contribution is 5.41. The van der Waals surface area contributed by atoms with Crippen LogP contribution in [0.4, 0.5) is 0 Å². The minimum atomic E-state index is -1.47. The van der Waals surface area contributed by atoms with Crippen LogP contribution in [0.25, 0.3) is 0 Å². The van der Waals surface area contributed by atoms with Crippen LogP contribution in [0.15, 0.2) is 0 Å². The smallest absolute Gasteiger partial charge is 0.136 e. The Morgan fingerprint density at radius 1 is 1.00 bits per heavy atom. The van der Waals surface area contributed by atoms with Gasteiger partial charge in [-0.15, -0.1) is 0 Å². The number of methoxy groups -OCH3 is 5. The standard InChI is InChI=1S/C26H43NO7/c1-7-27-12-23(13-30-2)9-8-17(32-4)25-15-10-14-16(31-3)11-24(28,18(15)19(14)33-5)26(29,22(25)27)21(34-6)20(23)25/h14-22,28-29H,7-13H2,1-6H3/t14-,15-,16+,17-,18-,19+,20+,21+,22-,23-,24-,25-,26+/m0/s1. The van der Waals surface area contributed by atoms with Gasteiger partial charge in [0.2, 0.25) is 0 Å². The van der Waals surface area contributed by atoms with Gasteiger partial charge in [0, 0.05) is 77.1 Å². The Kier molecular flexibility index (Phi) is 5.38. The highest BCUT2D eigenvalue weighted by Crippen LogP contribution is 2.80. The summed E-state index contributed by atoms with van der Waals surface area (Å²) in [7, 11) is 8.77. The molecular weight excluding hydrogens is 438 g/mol. The molecule has 0 aromatic rings. The van der Waals surface area contributed by atoms with Gasteiger partial charge in [-0.25, -0.2) is 0 Å². The van der Waals surface area contributed by atoms with Crippen molar-refractivity contribution in [2.45, 2.75) is 74.3 Å². The summed E-state index contributed by atoms with van der Waals surface area (Å²) in [6, 6.07) is -0.256. The Balaban J connectivity index is 1.67. The van der Waals surface area contributed by atoms with E-state index in [9.17, 15) is 10.2 Å². The van der Waals surface area contributed by atoms with Crippen LogP contribution >= 0.6 is 0 Å². The summed E-state index contributed by atoms with van der Waals surface area (Å²) in [5.41, 5.74) is -3.38. The van der Waals surface area contributed by atoms with E-state index in [-0.39, 0.29) is 58.9 Å². The molecule has 5 aliphatic carbocycles. The van der Waals surface area contributed by atoms with E-state index in [1.807, 2.05) is 7.11 Å². The fourth-order valence-electron chi connectivity index (χ4n) is 11.3. The Morgan fingerprint density at radius 2 is 1.76 bits per heavy atom. The molecule has 6 aliphatic rings. The van der Waals surface area contributed by atoms with E-state index >= 15 is 0 Å². The van der Waals surface area contributed by atoms with E-state index in [2.05, 4.69) is 11.8 Å². The third-order valence-corrected chi connectivity index (χ3v) is 11.7. The number of piperidine rings is 1. The molecule has 8 nitrogen and oxygen atoms in total. The van der Waals surface area contributed by atoms with E-state index < -0.39 is 17.3 Å². The average Bonchev–Trinajstić information content (AvgIpc) is 3.25. The molecule has 0 amide bonds. The molecule has 7 bridgehead atoms. The summed E-state index contributed by atoms with van der Waals surface area (Å²) in [6.07, 6.45) is 2.30. The largest absolute Gasteiger partial charge is 0.386 e. The zero-order valence-electron chi connectivity index (χ0n) is 21.5. The van der Waals surface area contributed by atoms with E-state index in [4.69, 9.17) is 23.7 Å². The fourth-order valence-corrected chi connectivity index (χ4v) is 11.3. The number of rotatable bonds is 7. The first-order valence-electron chi connectivity index (χ1n) is 13.1. The van der Waals surface area contributed by atoms with Crippen molar-refractivity contribution in [3.63, 3.8) is 0 Å². The Hall–Kier alpha value is -0.320. The summed E-state index contributed by atoms with van der Waals surface area (Å²) in [4.78, 5) is 2.43. The molecular formula is C26H43NO7. The number of hydrogen-bond donors (Lipinski definition) is 2. The highest BCUT2D eigenvalue weighted by Gasteiger charge is 2.91. The van der Waals surface area contributed by atoms with Crippen molar-refractivity contribution in [2.24, 2.45) is 34.5 Å². The van der Waals surface area contributed by atoms with Gasteiger partial charge >= 0.3 is 0 Å². The van der Waals surface area contributed by atoms with Gasteiger partial charge in [0.25, 0.3) is 0 Å². The third-order valence-electron chi connectivity index (χ3n) is 11.7. The molecule has 0 aromatic heterocycles. The highest BCUT2D eigenvalue weighted by atomic mass is 16.5. The molecule has 1 saturated heterocycles. The second-order valence-electron chi connectivity index (χ2n) is 12.1. The van der Waals surface area contributed by atoms with Gasteiger partial charge in [-0.1, -0.05) is 6.92 Å². The molecule has 1 heterocycles. The van der Waals surface area contributed by atoms with Gasteiger partial charge in [-0.3, -0.25) is 4.90 Å². The summed E-state index contributed by atoms with van der Waals surface area (Å²) in [5, 5.41) is 25.9. The van der Waals surface area contributed by atoms with Crippen molar-refractivity contribution in [2.75, 3.05) is 55.2 Å². The van der Waals surface area contributed by atoms with Crippen LogP contribution in [0.1, 0.15) is 32.6 Å². The third kappa shape index (κ3) is 2.27. The maximum absolute atomic E-state index is 13.1. The lowest BCUT2D eigenvalue weighted by Crippen LogP contribution is -2.82. The first-order chi connectivity index (χ1) is 16.3. The van der Waals surface area contributed by atoms with Crippen molar-refractivity contribution in [1.29, 1.82) is 0 Å². The number of fused-ring (bicyclic) bond motifs is 2. The zero-order chi connectivity index (χ0) is 24.3. The van der Waals surface area contributed by atoms with Gasteiger partial charge < -0.3 is 33.9 Å². The number of ether oxygens (including phenoxy) is 5. The van der Waals surface area contributed by atoms with Gasteiger partial charge in [0.15, 0.2) is 0 Å². The number of likely N-dealkylation sites (tertiary alicyclic amines) is 1. The summed E-state index contributed by atoms with van der Waals surface area (Å²) in [6.45, 7) is 4.41. The molecule has 0 radical (unpaired) electrons. The molecule has 0 unspecified atom stereocenters. The topological polar surface area (TPSA) is 89.9 Å². The van der Waals surface area contributed by atoms with E-state index in [1.54, 1.807) is 28.4 Å². The van der Waals surface area contributed by atoms with Crippen LogP contribution in [0.2, 0.25) is 0 Å². The van der Waals surface area contributed by atoms with Crippen molar-refractivity contribution in [3.8, 4) is 0 Å². The predicted octanol–water partition coefficient (Wildman–Crippen LogP) is 0.925. The predicted molar refractivity (Wildman–Crippen MR) is 123 cm³/mol. The van der Waals surface area contributed by atoms with Gasteiger partial charge in [0.05, 0.1) is 37.1 Å². The average molecular weight is 482 g/mol. The maximum atomic E-state index is 13.1. The number of nitrogens with zero attached hydrogens (tertiary/aromatic N) is 1. The summed E-state index contributed by atoms with van der Waals surface area (Å²) >= 11 is 0. The van der Waals surface area contributed by atoms with Crippen LogP contribution in [-0.4, -0.2) is 112 Å². The van der Waals surface area contributed by atoms with E-state index in [0.717, 1.165) is 32.4 Å². The minimum absolute atomic E-state index is 0.0262. The van der Waals surface area contributed by atoms with Crippen LogP contribution < -0.4 is 0 Å². The number of hydrogen-bond acceptors (Lipinski definition) is 8. The van der Waals surface area contributed by atoms with Crippen molar-refractivity contribution in [3.05, 3.63) is 0 Å². The molecule has 194 valence electrons. The van der Waals surface area contributed by atoms with Crippen LogP contribution in [0.3, 0.4) is 0 Å². The fraction of sp³-hybridized carbons (Fsp3) is 1.00. The lowest BCUT2D eigenvalue weighted by atomic mass is 9.42. The monoisotopic (exact) mass is 481 g/mol. The second-order valence-corrected chi connectivity index (χ2v) is 12.1. The molecule has 34 heavy (non-hydrogen) atoms.